The maximum atomic E-state index is 12.6. The van der Waals surface area contributed by atoms with Gasteiger partial charge in [-0.05, 0) is 37.1 Å². The van der Waals surface area contributed by atoms with E-state index in [1.165, 1.54) is 0 Å². The summed E-state index contributed by atoms with van der Waals surface area (Å²) in [6.45, 7) is 8.84. The molecule has 6 heteroatoms. The Morgan fingerprint density at radius 3 is 2.35 bits per heavy atom. The second-order valence-electron chi connectivity index (χ2n) is 6.82. The van der Waals surface area contributed by atoms with Crippen molar-refractivity contribution in [3.05, 3.63) is 42.5 Å². The van der Waals surface area contributed by atoms with Gasteiger partial charge in [-0.2, -0.15) is 0 Å². The molecule has 0 aliphatic carbocycles. The SMILES string of the molecule is C=CCNC(=O)C1CCN(C(=O)c2ccc(NC(=O)C(C)C)cc2)CC1. The molecule has 0 unspecified atom stereocenters. The van der Waals surface area contributed by atoms with E-state index in [9.17, 15) is 14.4 Å². The molecule has 1 fully saturated rings. The lowest BCUT2D eigenvalue weighted by Crippen LogP contribution is -2.43. The van der Waals surface area contributed by atoms with E-state index in [-0.39, 0.29) is 29.6 Å². The smallest absolute Gasteiger partial charge is 0.253 e. The van der Waals surface area contributed by atoms with Crippen LogP contribution in [0.15, 0.2) is 36.9 Å². The predicted molar refractivity (Wildman–Crippen MR) is 102 cm³/mol. The Labute approximate surface area is 154 Å². The predicted octanol–water partition coefficient (Wildman–Crippen LogP) is 2.44. The van der Waals surface area contributed by atoms with Gasteiger partial charge in [0.05, 0.1) is 0 Å². The second kappa shape index (κ2) is 9.17. The molecule has 0 aromatic heterocycles. The van der Waals surface area contributed by atoms with Crippen LogP contribution in [-0.2, 0) is 9.59 Å². The Bertz CT molecular complexity index is 659. The summed E-state index contributed by atoms with van der Waals surface area (Å²) in [4.78, 5) is 38.1. The van der Waals surface area contributed by atoms with Crippen LogP contribution in [-0.4, -0.2) is 42.3 Å². The number of rotatable bonds is 6. The molecule has 2 rings (SSSR count). The van der Waals surface area contributed by atoms with Crippen LogP contribution >= 0.6 is 0 Å². The first-order valence-electron chi connectivity index (χ1n) is 9.01. The molecule has 1 heterocycles. The van der Waals surface area contributed by atoms with Gasteiger partial charge in [0.25, 0.3) is 5.91 Å². The van der Waals surface area contributed by atoms with Gasteiger partial charge in [-0.15, -0.1) is 6.58 Å². The van der Waals surface area contributed by atoms with Gasteiger partial charge in [0.1, 0.15) is 0 Å². The Morgan fingerprint density at radius 2 is 1.81 bits per heavy atom. The maximum absolute atomic E-state index is 12.6. The van der Waals surface area contributed by atoms with E-state index in [4.69, 9.17) is 0 Å². The topological polar surface area (TPSA) is 78.5 Å². The van der Waals surface area contributed by atoms with Crippen molar-refractivity contribution in [2.75, 3.05) is 25.0 Å². The molecule has 0 atom stereocenters. The van der Waals surface area contributed by atoms with E-state index in [1.54, 1.807) is 35.2 Å². The lowest BCUT2D eigenvalue weighted by molar-refractivity contribution is -0.126. The van der Waals surface area contributed by atoms with E-state index in [0.29, 0.717) is 43.7 Å². The van der Waals surface area contributed by atoms with Crippen molar-refractivity contribution in [3.63, 3.8) is 0 Å². The standard InChI is InChI=1S/C20H27N3O3/c1-4-11-21-19(25)15-9-12-23(13-10-15)20(26)16-5-7-17(8-6-16)22-18(24)14(2)3/h4-8,14-15H,1,9-13H2,2-3H3,(H,21,25)(H,22,24). The highest BCUT2D eigenvalue weighted by atomic mass is 16.2. The molecule has 1 saturated heterocycles. The number of carbonyl (C=O) groups is 3. The number of hydrogen-bond acceptors (Lipinski definition) is 3. The first kappa shape index (κ1) is 19.7. The summed E-state index contributed by atoms with van der Waals surface area (Å²) in [5, 5.41) is 5.62. The molecule has 2 N–H and O–H groups in total. The highest BCUT2D eigenvalue weighted by molar-refractivity contribution is 5.96. The molecule has 0 bridgehead atoms. The molecule has 1 aromatic carbocycles. The van der Waals surface area contributed by atoms with Crippen LogP contribution in [0.1, 0.15) is 37.0 Å². The van der Waals surface area contributed by atoms with Gasteiger partial charge < -0.3 is 15.5 Å². The Kier molecular flexibility index (Phi) is 6.95. The highest BCUT2D eigenvalue weighted by Gasteiger charge is 2.27. The largest absolute Gasteiger partial charge is 0.352 e. The maximum Gasteiger partial charge on any atom is 0.253 e. The molecular weight excluding hydrogens is 330 g/mol. The third kappa shape index (κ3) is 5.18. The van der Waals surface area contributed by atoms with Gasteiger partial charge in [-0.1, -0.05) is 19.9 Å². The van der Waals surface area contributed by atoms with E-state index in [1.807, 2.05) is 13.8 Å². The third-order valence-corrected chi connectivity index (χ3v) is 4.50. The van der Waals surface area contributed by atoms with Gasteiger partial charge in [-0.25, -0.2) is 0 Å². The number of nitrogens with one attached hydrogen (secondary N) is 2. The number of carbonyl (C=O) groups excluding carboxylic acids is 3. The molecular formula is C20H27N3O3. The van der Waals surface area contributed by atoms with Gasteiger partial charge in [0.15, 0.2) is 0 Å². The minimum absolute atomic E-state index is 0.0299. The minimum Gasteiger partial charge on any atom is -0.352 e. The van der Waals surface area contributed by atoms with Crippen molar-refractivity contribution < 1.29 is 14.4 Å². The number of anilines is 1. The van der Waals surface area contributed by atoms with E-state index in [2.05, 4.69) is 17.2 Å². The van der Waals surface area contributed by atoms with Crippen LogP contribution in [0.4, 0.5) is 5.69 Å². The van der Waals surface area contributed by atoms with Gasteiger partial charge >= 0.3 is 0 Å². The average Bonchev–Trinajstić information content (AvgIpc) is 2.66. The first-order chi connectivity index (χ1) is 12.4. The second-order valence-corrected chi connectivity index (χ2v) is 6.82. The number of piperidine rings is 1. The molecule has 6 nitrogen and oxygen atoms in total. The van der Waals surface area contributed by atoms with Crippen LogP contribution in [0.2, 0.25) is 0 Å². The molecule has 1 aromatic rings. The lowest BCUT2D eigenvalue weighted by Gasteiger charge is -2.31. The van der Waals surface area contributed by atoms with E-state index >= 15 is 0 Å². The highest BCUT2D eigenvalue weighted by Crippen LogP contribution is 2.20. The lowest BCUT2D eigenvalue weighted by atomic mass is 9.95. The molecule has 26 heavy (non-hydrogen) atoms. The van der Waals surface area contributed by atoms with Gasteiger partial charge in [0, 0.05) is 42.7 Å². The van der Waals surface area contributed by atoms with Crippen LogP contribution in [0.25, 0.3) is 0 Å². The molecule has 0 spiro atoms. The Balaban J connectivity index is 1.89. The minimum atomic E-state index is -0.0960. The van der Waals surface area contributed by atoms with Crippen LogP contribution in [0, 0.1) is 11.8 Å². The average molecular weight is 357 g/mol. The fourth-order valence-corrected chi connectivity index (χ4v) is 2.83. The van der Waals surface area contributed by atoms with Crippen molar-refractivity contribution in [3.8, 4) is 0 Å². The summed E-state index contributed by atoms with van der Waals surface area (Å²) in [7, 11) is 0. The molecule has 0 radical (unpaired) electrons. The van der Waals surface area contributed by atoms with Crippen molar-refractivity contribution in [2.24, 2.45) is 11.8 Å². The summed E-state index contributed by atoms with van der Waals surface area (Å²) in [5.41, 5.74) is 1.26. The molecule has 1 aliphatic rings. The number of likely N-dealkylation sites (tertiary alicyclic amines) is 1. The van der Waals surface area contributed by atoms with Crippen LogP contribution in [0.3, 0.4) is 0 Å². The number of hydrogen-bond donors (Lipinski definition) is 2. The monoisotopic (exact) mass is 357 g/mol. The summed E-state index contributed by atoms with van der Waals surface area (Å²) < 4.78 is 0. The van der Waals surface area contributed by atoms with E-state index in [0.717, 1.165) is 0 Å². The van der Waals surface area contributed by atoms with Crippen molar-refractivity contribution in [2.45, 2.75) is 26.7 Å². The molecule has 1 aliphatic heterocycles. The van der Waals surface area contributed by atoms with Crippen molar-refractivity contribution >= 4 is 23.4 Å². The first-order valence-corrected chi connectivity index (χ1v) is 9.01. The zero-order valence-electron chi connectivity index (χ0n) is 15.5. The summed E-state index contributed by atoms with van der Waals surface area (Å²) in [6.07, 6.45) is 2.98. The Morgan fingerprint density at radius 1 is 1.19 bits per heavy atom. The van der Waals surface area contributed by atoms with Crippen molar-refractivity contribution in [1.82, 2.24) is 10.2 Å². The third-order valence-electron chi connectivity index (χ3n) is 4.50. The van der Waals surface area contributed by atoms with E-state index < -0.39 is 0 Å². The number of amides is 3. The molecule has 140 valence electrons. The fourth-order valence-electron chi connectivity index (χ4n) is 2.83. The molecule has 0 saturated carbocycles. The summed E-state index contributed by atoms with van der Waals surface area (Å²) in [5.74, 6) is -0.214. The Hall–Kier alpha value is -2.63. The van der Waals surface area contributed by atoms with Crippen LogP contribution in [0.5, 0.6) is 0 Å². The zero-order chi connectivity index (χ0) is 19.1. The van der Waals surface area contributed by atoms with Gasteiger partial charge in [-0.3, -0.25) is 14.4 Å². The fraction of sp³-hybridized carbons (Fsp3) is 0.450. The quantitative estimate of drug-likeness (QED) is 0.768. The van der Waals surface area contributed by atoms with Gasteiger partial charge in [0.2, 0.25) is 11.8 Å². The number of nitrogens with zero attached hydrogens (tertiary/aromatic N) is 1. The van der Waals surface area contributed by atoms with Crippen LogP contribution < -0.4 is 10.6 Å². The molecule has 3 amide bonds. The number of benzene rings is 1. The zero-order valence-corrected chi connectivity index (χ0v) is 15.5. The van der Waals surface area contributed by atoms with Crippen molar-refractivity contribution in [1.29, 1.82) is 0 Å². The normalized spacial score (nSPS) is 14.8. The summed E-state index contributed by atoms with van der Waals surface area (Å²) in [6, 6.07) is 6.92. The summed E-state index contributed by atoms with van der Waals surface area (Å²) >= 11 is 0.